The van der Waals surface area contributed by atoms with Crippen LogP contribution >= 0.6 is 0 Å². The zero-order valence-corrected chi connectivity index (χ0v) is 11.4. The Morgan fingerprint density at radius 1 is 1.56 bits per heavy atom. The normalized spacial score (nSPS) is 22.5. The van der Waals surface area contributed by atoms with Gasteiger partial charge in [-0.05, 0) is 31.4 Å². The topological polar surface area (TPSA) is 85.1 Å². The molecule has 3 unspecified atom stereocenters. The SMILES string of the molecule is CC(C(NN)C1CCc2cccnc21)S(C)(=O)=O. The minimum absolute atomic E-state index is 0.0657. The lowest BCUT2D eigenvalue weighted by atomic mass is 9.95. The van der Waals surface area contributed by atoms with E-state index in [-0.39, 0.29) is 12.0 Å². The number of fused-ring (bicyclic) bond motifs is 1. The Hall–Kier alpha value is -0.980. The van der Waals surface area contributed by atoms with Crippen molar-refractivity contribution in [1.82, 2.24) is 10.4 Å². The summed E-state index contributed by atoms with van der Waals surface area (Å²) in [7, 11) is -3.12. The van der Waals surface area contributed by atoms with E-state index in [0.29, 0.717) is 0 Å². The van der Waals surface area contributed by atoms with E-state index in [0.717, 1.165) is 18.5 Å². The Bertz CT molecular complexity index is 530. The van der Waals surface area contributed by atoms with Gasteiger partial charge in [-0.15, -0.1) is 0 Å². The Morgan fingerprint density at radius 2 is 2.28 bits per heavy atom. The van der Waals surface area contributed by atoms with Gasteiger partial charge in [-0.3, -0.25) is 16.3 Å². The number of nitrogens with one attached hydrogen (secondary N) is 1. The number of sulfone groups is 1. The first-order valence-electron chi connectivity index (χ1n) is 6.04. The van der Waals surface area contributed by atoms with Gasteiger partial charge < -0.3 is 0 Å². The first-order valence-corrected chi connectivity index (χ1v) is 7.99. The van der Waals surface area contributed by atoms with Gasteiger partial charge >= 0.3 is 0 Å². The number of hydrogen-bond donors (Lipinski definition) is 2. The van der Waals surface area contributed by atoms with E-state index in [1.807, 2.05) is 12.1 Å². The van der Waals surface area contributed by atoms with E-state index < -0.39 is 15.1 Å². The van der Waals surface area contributed by atoms with Crippen LogP contribution in [0.3, 0.4) is 0 Å². The lowest BCUT2D eigenvalue weighted by Gasteiger charge is -2.27. The third-order valence-electron chi connectivity index (χ3n) is 3.81. The first kappa shape index (κ1) is 13.5. The summed E-state index contributed by atoms with van der Waals surface area (Å²) in [5.74, 6) is 5.63. The van der Waals surface area contributed by atoms with Crippen LogP contribution in [0.1, 0.15) is 30.5 Å². The molecule has 0 bridgehead atoms. The summed E-state index contributed by atoms with van der Waals surface area (Å²) in [6.45, 7) is 1.70. The van der Waals surface area contributed by atoms with Gasteiger partial charge in [-0.25, -0.2) is 8.42 Å². The van der Waals surface area contributed by atoms with Gasteiger partial charge in [0.15, 0.2) is 9.84 Å². The molecular formula is C12H19N3O2S. The van der Waals surface area contributed by atoms with Crippen molar-refractivity contribution in [2.24, 2.45) is 5.84 Å². The molecule has 3 N–H and O–H groups in total. The number of hydrazine groups is 1. The molecular weight excluding hydrogens is 250 g/mol. The number of rotatable bonds is 4. The van der Waals surface area contributed by atoms with Crippen LogP contribution in [-0.4, -0.2) is 30.9 Å². The molecule has 3 atom stereocenters. The third kappa shape index (κ3) is 2.41. The minimum atomic E-state index is -3.12. The quantitative estimate of drug-likeness (QED) is 0.609. The van der Waals surface area contributed by atoms with Gasteiger partial charge in [0.25, 0.3) is 0 Å². The van der Waals surface area contributed by atoms with Crippen LogP contribution in [0.2, 0.25) is 0 Å². The van der Waals surface area contributed by atoms with Crippen molar-refractivity contribution < 1.29 is 8.42 Å². The smallest absolute Gasteiger partial charge is 0.151 e. The number of hydrogen-bond acceptors (Lipinski definition) is 5. The van der Waals surface area contributed by atoms with E-state index in [1.165, 1.54) is 11.8 Å². The fraction of sp³-hybridized carbons (Fsp3) is 0.583. The van der Waals surface area contributed by atoms with E-state index in [1.54, 1.807) is 13.1 Å². The largest absolute Gasteiger partial charge is 0.271 e. The summed E-state index contributed by atoms with van der Waals surface area (Å²) in [5, 5.41) is -0.527. The highest BCUT2D eigenvalue weighted by molar-refractivity contribution is 7.91. The fourth-order valence-electron chi connectivity index (χ4n) is 2.64. The molecule has 0 spiro atoms. The second-order valence-electron chi connectivity index (χ2n) is 4.92. The van der Waals surface area contributed by atoms with Gasteiger partial charge in [0.05, 0.1) is 5.25 Å². The first-order chi connectivity index (χ1) is 8.45. The zero-order valence-electron chi connectivity index (χ0n) is 10.6. The molecule has 0 saturated carbocycles. The molecule has 18 heavy (non-hydrogen) atoms. The van der Waals surface area contributed by atoms with Crippen LogP contribution in [0.15, 0.2) is 18.3 Å². The molecule has 100 valence electrons. The monoisotopic (exact) mass is 269 g/mol. The summed E-state index contributed by atoms with van der Waals surface area (Å²) in [6, 6.07) is 3.66. The van der Waals surface area contributed by atoms with Gasteiger partial charge in [-0.2, -0.15) is 0 Å². The summed E-state index contributed by atoms with van der Waals surface area (Å²) in [6.07, 6.45) is 4.82. The van der Waals surface area contributed by atoms with E-state index in [2.05, 4.69) is 10.4 Å². The Balaban J connectivity index is 2.31. The Labute approximate surface area is 108 Å². The van der Waals surface area contributed by atoms with Gasteiger partial charge in [0.2, 0.25) is 0 Å². The van der Waals surface area contributed by atoms with Crippen molar-refractivity contribution in [1.29, 1.82) is 0 Å². The van der Waals surface area contributed by atoms with Gasteiger partial charge in [-0.1, -0.05) is 6.07 Å². The van der Waals surface area contributed by atoms with Crippen molar-refractivity contribution in [3.8, 4) is 0 Å². The molecule has 0 saturated heterocycles. The third-order valence-corrected chi connectivity index (χ3v) is 5.45. The highest BCUT2D eigenvalue weighted by Gasteiger charge is 2.37. The molecule has 1 aromatic heterocycles. The van der Waals surface area contributed by atoms with Crippen molar-refractivity contribution in [2.75, 3.05) is 6.26 Å². The van der Waals surface area contributed by atoms with Gasteiger partial charge in [0.1, 0.15) is 0 Å². The van der Waals surface area contributed by atoms with Crippen LogP contribution in [0, 0.1) is 0 Å². The molecule has 1 aromatic rings. The highest BCUT2D eigenvalue weighted by Crippen LogP contribution is 2.35. The molecule has 1 heterocycles. The molecule has 0 aliphatic heterocycles. The Kier molecular flexibility index (Phi) is 3.70. The maximum atomic E-state index is 11.7. The Morgan fingerprint density at radius 3 is 2.89 bits per heavy atom. The van der Waals surface area contributed by atoms with Crippen LogP contribution in [0.25, 0.3) is 0 Å². The number of pyridine rings is 1. The number of nitrogens with zero attached hydrogens (tertiary/aromatic N) is 1. The highest BCUT2D eigenvalue weighted by atomic mass is 32.2. The molecule has 1 aliphatic rings. The summed E-state index contributed by atoms with van der Waals surface area (Å²) in [4.78, 5) is 4.38. The number of nitrogens with two attached hydrogens (primary N) is 1. The summed E-state index contributed by atoms with van der Waals surface area (Å²) >= 11 is 0. The molecule has 0 aromatic carbocycles. The standard InChI is InChI=1S/C12H19N3O2S/c1-8(18(2,16)17)11(15-13)10-6-5-9-4-3-7-14-12(9)10/h3-4,7-8,10-11,15H,5-6,13H2,1-2H3. The van der Waals surface area contributed by atoms with E-state index in [9.17, 15) is 8.42 Å². The minimum Gasteiger partial charge on any atom is -0.271 e. The summed E-state index contributed by atoms with van der Waals surface area (Å²) in [5.41, 5.74) is 4.85. The van der Waals surface area contributed by atoms with Crippen LogP contribution < -0.4 is 11.3 Å². The second kappa shape index (κ2) is 4.95. The number of aryl methyl sites for hydroxylation is 1. The molecule has 6 heteroatoms. The van der Waals surface area contributed by atoms with E-state index >= 15 is 0 Å². The summed E-state index contributed by atoms with van der Waals surface area (Å²) < 4.78 is 23.4. The lowest BCUT2D eigenvalue weighted by molar-refractivity contribution is 0.417. The van der Waals surface area contributed by atoms with Crippen LogP contribution in [0.4, 0.5) is 0 Å². The van der Waals surface area contributed by atoms with Crippen molar-refractivity contribution in [3.05, 3.63) is 29.6 Å². The average Bonchev–Trinajstić information content (AvgIpc) is 2.73. The van der Waals surface area contributed by atoms with Crippen LogP contribution in [0.5, 0.6) is 0 Å². The molecule has 0 radical (unpaired) electrons. The van der Waals surface area contributed by atoms with Crippen LogP contribution in [-0.2, 0) is 16.3 Å². The fourth-order valence-corrected chi connectivity index (χ4v) is 3.44. The maximum Gasteiger partial charge on any atom is 0.151 e. The van der Waals surface area contributed by atoms with Crippen molar-refractivity contribution >= 4 is 9.84 Å². The second-order valence-corrected chi connectivity index (χ2v) is 7.32. The lowest BCUT2D eigenvalue weighted by Crippen LogP contribution is -2.49. The molecule has 1 aliphatic carbocycles. The average molecular weight is 269 g/mol. The van der Waals surface area contributed by atoms with E-state index in [4.69, 9.17) is 5.84 Å². The zero-order chi connectivity index (χ0) is 13.3. The van der Waals surface area contributed by atoms with Crippen molar-refractivity contribution in [3.63, 3.8) is 0 Å². The molecule has 0 fully saturated rings. The molecule has 5 nitrogen and oxygen atoms in total. The molecule has 2 rings (SSSR count). The predicted molar refractivity (Wildman–Crippen MR) is 70.7 cm³/mol. The van der Waals surface area contributed by atoms with Gasteiger partial charge in [0, 0.05) is 30.1 Å². The maximum absolute atomic E-state index is 11.7. The predicted octanol–water partition coefficient (Wildman–Crippen LogP) is 0.376. The molecule has 0 amide bonds. The number of aromatic nitrogens is 1. The van der Waals surface area contributed by atoms with Crippen molar-refractivity contribution in [2.45, 2.75) is 37.0 Å².